The third kappa shape index (κ3) is 11.7. The molecule has 0 saturated heterocycles. The molecule has 0 radical (unpaired) electrons. The largest absolute Gasteiger partial charge is 0.478 e. The zero-order valence-electron chi connectivity index (χ0n) is 35.9. The topological polar surface area (TPSA) is 292 Å². The normalized spacial score (nSPS) is 10.4. The van der Waals surface area contributed by atoms with Crippen molar-refractivity contribution in [3.8, 4) is 33.8 Å². The first-order chi connectivity index (χ1) is 32.2. The van der Waals surface area contributed by atoms with Crippen LogP contribution in [-0.2, 0) is 0 Å². The molecule has 0 amide bonds. The lowest BCUT2D eigenvalue weighted by Crippen LogP contribution is -1.99. The number of nitrogens with zero attached hydrogens (tertiary/aromatic N) is 9. The highest BCUT2D eigenvalue weighted by Gasteiger charge is 2.14. The molecule has 0 aliphatic carbocycles. The molecule has 0 bridgehead atoms. The summed E-state index contributed by atoms with van der Waals surface area (Å²) in [7, 11) is 1.50. The van der Waals surface area contributed by atoms with Gasteiger partial charge in [-0.25, -0.2) is 62.8 Å². The number of ketones is 2. The average molecular weight is 924 g/mol. The van der Waals surface area contributed by atoms with Gasteiger partial charge in [0, 0.05) is 40.7 Å². The number of carboxylic acid groups (broad SMARTS) is 1. The summed E-state index contributed by atoms with van der Waals surface area (Å²) in [4.78, 5) is 71.4. The van der Waals surface area contributed by atoms with E-state index in [0.29, 0.717) is 90.8 Å². The summed E-state index contributed by atoms with van der Waals surface area (Å²) in [5.41, 5.74) is 28.2. The van der Waals surface area contributed by atoms with Crippen molar-refractivity contribution in [3.63, 3.8) is 0 Å². The van der Waals surface area contributed by atoms with Crippen molar-refractivity contribution in [2.24, 2.45) is 5.73 Å². The van der Waals surface area contributed by atoms with Gasteiger partial charge in [0.2, 0.25) is 0 Å². The Hall–Kier alpha value is -8.91. The predicted molar refractivity (Wildman–Crippen MR) is 254 cm³/mol. The molecule has 17 nitrogen and oxygen atoms in total. The van der Waals surface area contributed by atoms with Gasteiger partial charge in [-0.15, -0.1) is 0 Å². The van der Waals surface area contributed by atoms with Crippen LogP contribution in [0.3, 0.4) is 0 Å². The molecule has 346 valence electrons. The van der Waals surface area contributed by atoms with Crippen LogP contribution in [0, 0.1) is 17.5 Å². The van der Waals surface area contributed by atoms with E-state index in [1.807, 2.05) is 0 Å². The maximum atomic E-state index is 13.8. The molecule has 0 aliphatic heterocycles. The average Bonchev–Trinajstić information content (AvgIpc) is 3.34. The molecule has 9 rings (SSSR count). The van der Waals surface area contributed by atoms with E-state index < -0.39 is 23.4 Å². The second-order valence-electron chi connectivity index (χ2n) is 14.0. The van der Waals surface area contributed by atoms with E-state index in [0.717, 1.165) is 6.07 Å². The number of carbonyl (C=O) groups is 3. The van der Waals surface area contributed by atoms with Crippen molar-refractivity contribution in [3.05, 3.63) is 144 Å². The van der Waals surface area contributed by atoms with Gasteiger partial charge >= 0.3 is 5.97 Å². The Bertz CT molecular complexity index is 3180. The van der Waals surface area contributed by atoms with Crippen LogP contribution in [0.25, 0.3) is 66.9 Å². The lowest BCUT2D eigenvalue weighted by Gasteiger charge is -2.06. The lowest BCUT2D eigenvalue weighted by atomic mass is 10.0. The first-order valence-electron chi connectivity index (χ1n) is 20.1. The van der Waals surface area contributed by atoms with Gasteiger partial charge in [0.1, 0.15) is 53.0 Å². The van der Waals surface area contributed by atoms with Crippen LogP contribution in [0.1, 0.15) is 65.2 Å². The molecule has 6 heterocycles. The summed E-state index contributed by atoms with van der Waals surface area (Å²) in [6.07, 6.45) is 4.67. The molecule has 0 saturated carbocycles. The van der Waals surface area contributed by atoms with E-state index in [-0.39, 0.29) is 42.0 Å². The number of nitrogens with two attached hydrogens (primary N) is 4. The van der Waals surface area contributed by atoms with Crippen LogP contribution in [-0.4, -0.2) is 74.5 Å². The van der Waals surface area contributed by atoms with Crippen molar-refractivity contribution in [1.82, 2.24) is 44.9 Å². The number of anilines is 3. The number of hydrogen-bond donors (Lipinski definition) is 5. The van der Waals surface area contributed by atoms with Gasteiger partial charge < -0.3 is 28.0 Å². The predicted octanol–water partition coefficient (Wildman–Crippen LogP) is 8.33. The number of Topliss-reactive ketones (excluding diaryl/α,β-unsaturated/α-hetero) is 2. The fourth-order valence-corrected chi connectivity index (χ4v) is 6.43. The molecule has 9 N–H and O–H groups in total. The molecule has 0 aliphatic rings. The van der Waals surface area contributed by atoms with Crippen LogP contribution in [0.4, 0.5) is 30.6 Å². The van der Waals surface area contributed by atoms with Crippen molar-refractivity contribution < 1.29 is 32.7 Å². The van der Waals surface area contributed by atoms with Gasteiger partial charge in [0.05, 0.1) is 39.2 Å². The Labute approximate surface area is 386 Å². The van der Waals surface area contributed by atoms with E-state index in [1.165, 1.54) is 62.4 Å². The summed E-state index contributed by atoms with van der Waals surface area (Å²) >= 11 is 0. The second-order valence-corrected chi connectivity index (χ2v) is 14.0. The van der Waals surface area contributed by atoms with Gasteiger partial charge in [-0.05, 0) is 98.0 Å². The fourth-order valence-electron chi connectivity index (χ4n) is 6.43. The molecule has 0 fully saturated rings. The standard InChI is InChI=1S/2C16H13FN4O.C14H9FN4O2.CH5N.CH4/c2*1-2-14(22)10-5-9(6-11(17)7-10)12-3-4-13-15(21-12)16(18)20-8-19-13;15-9-4-7(3-8(5-9)14(20)21)10-1-2-11-12(19-10)13(16)18-6-17-11;1-2;/h2*3-8H,2H2,1H3,(H2,18,19,20);1-6H,(H,20,21)(H2,16,17,18);2H2,1H3;1H4. The Balaban J connectivity index is 0.000000186. The fraction of sp³-hybridized carbons (Fsp3) is 0.125. The van der Waals surface area contributed by atoms with Gasteiger partial charge in [0.25, 0.3) is 0 Å². The molecule has 9 aromatic rings. The lowest BCUT2D eigenvalue weighted by molar-refractivity contribution is 0.0695. The van der Waals surface area contributed by atoms with Crippen LogP contribution < -0.4 is 22.9 Å². The third-order valence-corrected chi connectivity index (χ3v) is 9.64. The molecule has 0 unspecified atom stereocenters. The Morgan fingerprint density at radius 1 is 0.471 bits per heavy atom. The number of rotatable bonds is 8. The highest BCUT2D eigenvalue weighted by molar-refractivity contribution is 5.98. The zero-order valence-corrected chi connectivity index (χ0v) is 35.9. The highest BCUT2D eigenvalue weighted by Crippen LogP contribution is 2.27. The Morgan fingerprint density at radius 2 is 0.765 bits per heavy atom. The number of carboxylic acids is 1. The minimum Gasteiger partial charge on any atom is -0.478 e. The van der Waals surface area contributed by atoms with E-state index in [9.17, 15) is 27.6 Å². The van der Waals surface area contributed by atoms with Gasteiger partial charge in [-0.2, -0.15) is 0 Å². The van der Waals surface area contributed by atoms with Crippen molar-refractivity contribution in [1.29, 1.82) is 0 Å². The van der Waals surface area contributed by atoms with E-state index in [4.69, 9.17) is 22.3 Å². The molecule has 3 aromatic carbocycles. The maximum Gasteiger partial charge on any atom is 0.335 e. The van der Waals surface area contributed by atoms with E-state index in [1.54, 1.807) is 62.4 Å². The smallest absolute Gasteiger partial charge is 0.335 e. The third-order valence-electron chi connectivity index (χ3n) is 9.64. The molecule has 6 aromatic heterocycles. The molecule has 68 heavy (non-hydrogen) atoms. The monoisotopic (exact) mass is 923 g/mol. The first kappa shape index (κ1) is 50.1. The number of nitrogen functional groups attached to an aromatic ring is 3. The molecule has 0 atom stereocenters. The van der Waals surface area contributed by atoms with Crippen molar-refractivity contribution in [2.75, 3.05) is 24.2 Å². The number of fused-ring (bicyclic) bond motifs is 3. The number of halogens is 3. The van der Waals surface area contributed by atoms with Gasteiger partial charge in [-0.1, -0.05) is 21.3 Å². The Morgan fingerprint density at radius 3 is 1.06 bits per heavy atom. The number of benzene rings is 3. The maximum absolute atomic E-state index is 13.8. The minimum absolute atomic E-state index is 0. The van der Waals surface area contributed by atoms with Crippen molar-refractivity contribution >= 4 is 68.1 Å². The summed E-state index contributed by atoms with van der Waals surface area (Å²) in [6.45, 7) is 3.47. The molecule has 0 spiro atoms. The highest BCUT2D eigenvalue weighted by atomic mass is 19.1. The van der Waals surface area contributed by atoms with Gasteiger partial charge in [-0.3, -0.25) is 9.59 Å². The SMILES string of the molecule is C.CCC(=O)c1cc(F)cc(-c2ccc3ncnc(N)c3n2)c1.CCC(=O)c1cc(F)cc(-c2ccc3ncnc(N)c3n2)c1.CN.Nc1ncnc2ccc(-c3cc(F)cc(C(=O)O)c3)nc12. The number of pyridine rings is 3. The summed E-state index contributed by atoms with van der Waals surface area (Å²) < 4.78 is 41.1. The van der Waals surface area contributed by atoms with Crippen LogP contribution in [0.15, 0.2) is 110 Å². The minimum atomic E-state index is -1.21. The van der Waals surface area contributed by atoms with Crippen LogP contribution in [0.5, 0.6) is 0 Å². The number of aromatic nitrogens is 9. The summed E-state index contributed by atoms with van der Waals surface area (Å²) in [5.74, 6) is -2.34. The van der Waals surface area contributed by atoms with Crippen molar-refractivity contribution in [2.45, 2.75) is 34.1 Å². The first-order valence-corrected chi connectivity index (χ1v) is 20.1. The summed E-state index contributed by atoms with van der Waals surface area (Å²) in [6, 6.07) is 22.1. The van der Waals surface area contributed by atoms with E-state index in [2.05, 4.69) is 50.6 Å². The number of carbonyl (C=O) groups excluding carboxylic acids is 2. The zero-order chi connectivity index (χ0) is 48.4. The number of hydrogen-bond acceptors (Lipinski definition) is 16. The Kier molecular flexibility index (Phi) is 16.4. The number of aromatic carboxylic acids is 1. The summed E-state index contributed by atoms with van der Waals surface area (Å²) in [5, 5.41) is 8.97. The second kappa shape index (κ2) is 22.3. The van der Waals surface area contributed by atoms with Crippen LogP contribution in [0.2, 0.25) is 0 Å². The molecular weight excluding hydrogens is 880 g/mol. The van der Waals surface area contributed by atoms with Gasteiger partial charge in [0.15, 0.2) is 29.0 Å². The van der Waals surface area contributed by atoms with Crippen LogP contribution >= 0.6 is 0 Å². The quantitative estimate of drug-likeness (QED) is 0.0895. The molecule has 20 heteroatoms. The van der Waals surface area contributed by atoms with E-state index >= 15 is 0 Å². The molecular formula is C48H44F3N13O4.